The molecule has 2 aromatic rings. The summed E-state index contributed by atoms with van der Waals surface area (Å²) in [5.74, 6) is 2.91. The van der Waals surface area contributed by atoms with Crippen LogP contribution in [0.15, 0.2) is 23.0 Å². The van der Waals surface area contributed by atoms with Gasteiger partial charge in [0.2, 0.25) is 6.79 Å². The van der Waals surface area contributed by atoms with E-state index in [4.69, 9.17) is 9.47 Å². The monoisotopic (exact) mass is 355 g/mol. The van der Waals surface area contributed by atoms with Crippen molar-refractivity contribution in [2.24, 2.45) is 5.92 Å². The standard InChI is InChI=1S/C20H25N3O3/c1-13(9-15-3-4-18-19(10-15)26-12-25-18)11-23-7-5-16-17(6-8-23)21-14(2)22-20(16)24/h3-4,10,13H,5-9,11-12H2,1-2H3,(H,21,22,24)/t13-/m0/s1. The highest BCUT2D eigenvalue weighted by Gasteiger charge is 2.20. The number of aromatic amines is 1. The maximum atomic E-state index is 12.2. The first-order chi connectivity index (χ1) is 12.6. The number of hydrogen-bond acceptors (Lipinski definition) is 5. The molecule has 0 radical (unpaired) electrons. The van der Waals surface area contributed by atoms with Crippen molar-refractivity contribution in [2.75, 3.05) is 26.4 Å². The molecule has 1 atom stereocenters. The Kier molecular flexibility index (Phi) is 4.68. The van der Waals surface area contributed by atoms with Crippen LogP contribution in [-0.2, 0) is 19.3 Å². The van der Waals surface area contributed by atoms with Crippen molar-refractivity contribution in [3.8, 4) is 11.5 Å². The van der Waals surface area contributed by atoms with Gasteiger partial charge in [-0.2, -0.15) is 0 Å². The highest BCUT2D eigenvalue weighted by atomic mass is 16.7. The van der Waals surface area contributed by atoms with Gasteiger partial charge in [0.25, 0.3) is 5.56 Å². The van der Waals surface area contributed by atoms with Gasteiger partial charge in [0.05, 0.1) is 5.69 Å². The van der Waals surface area contributed by atoms with E-state index in [0.717, 1.165) is 61.7 Å². The molecular weight excluding hydrogens is 330 g/mol. The van der Waals surface area contributed by atoms with Gasteiger partial charge in [-0.1, -0.05) is 13.0 Å². The molecular formula is C20H25N3O3. The molecule has 4 rings (SSSR count). The first kappa shape index (κ1) is 17.1. The number of aryl methyl sites for hydroxylation is 1. The number of H-pyrrole nitrogens is 1. The normalized spacial score (nSPS) is 17.6. The Morgan fingerprint density at radius 1 is 1.23 bits per heavy atom. The molecule has 0 saturated carbocycles. The third-order valence-electron chi connectivity index (χ3n) is 5.15. The Hall–Kier alpha value is -2.34. The van der Waals surface area contributed by atoms with Crippen LogP contribution < -0.4 is 15.0 Å². The van der Waals surface area contributed by atoms with Crippen LogP contribution in [0.4, 0.5) is 0 Å². The summed E-state index contributed by atoms with van der Waals surface area (Å²) in [6.45, 7) is 7.31. The number of aromatic nitrogens is 2. The summed E-state index contributed by atoms with van der Waals surface area (Å²) in [4.78, 5) is 22.0. The fourth-order valence-corrected chi connectivity index (χ4v) is 3.94. The molecule has 0 fully saturated rings. The zero-order chi connectivity index (χ0) is 18.1. The molecule has 0 saturated heterocycles. The van der Waals surface area contributed by atoms with Crippen LogP contribution in [0.1, 0.15) is 29.6 Å². The van der Waals surface area contributed by atoms with Crippen molar-refractivity contribution in [1.29, 1.82) is 0 Å². The van der Waals surface area contributed by atoms with Crippen LogP contribution in [0.3, 0.4) is 0 Å². The highest BCUT2D eigenvalue weighted by Crippen LogP contribution is 2.33. The molecule has 1 N–H and O–H groups in total. The summed E-state index contributed by atoms with van der Waals surface area (Å²) in [7, 11) is 0. The first-order valence-corrected chi connectivity index (χ1v) is 9.28. The fraction of sp³-hybridized carbons (Fsp3) is 0.500. The first-order valence-electron chi connectivity index (χ1n) is 9.28. The van der Waals surface area contributed by atoms with Crippen molar-refractivity contribution >= 4 is 0 Å². The molecule has 0 unspecified atom stereocenters. The van der Waals surface area contributed by atoms with Crippen LogP contribution >= 0.6 is 0 Å². The molecule has 2 aliphatic rings. The van der Waals surface area contributed by atoms with Crippen LogP contribution in [0.2, 0.25) is 0 Å². The number of nitrogens with zero attached hydrogens (tertiary/aromatic N) is 2. The Labute approximate surface area is 153 Å². The van der Waals surface area contributed by atoms with Crippen LogP contribution in [0.25, 0.3) is 0 Å². The Morgan fingerprint density at radius 2 is 2.04 bits per heavy atom. The SMILES string of the molecule is Cc1nc2c(c(=O)[nH]1)CCN(C[C@@H](C)Cc1ccc3c(c1)OCO3)CC2. The summed E-state index contributed by atoms with van der Waals surface area (Å²) in [5, 5.41) is 0. The van der Waals surface area contributed by atoms with Gasteiger partial charge in [-0.05, 0) is 43.4 Å². The lowest BCUT2D eigenvalue weighted by Crippen LogP contribution is -2.32. The topological polar surface area (TPSA) is 67.5 Å². The molecule has 2 aliphatic heterocycles. The second-order valence-corrected chi connectivity index (χ2v) is 7.37. The fourth-order valence-electron chi connectivity index (χ4n) is 3.94. The Morgan fingerprint density at radius 3 is 2.92 bits per heavy atom. The molecule has 0 bridgehead atoms. The van der Waals surface area contributed by atoms with E-state index < -0.39 is 0 Å². The zero-order valence-corrected chi connectivity index (χ0v) is 15.4. The second kappa shape index (κ2) is 7.11. The van der Waals surface area contributed by atoms with E-state index in [1.807, 2.05) is 13.0 Å². The van der Waals surface area contributed by atoms with Crippen molar-refractivity contribution in [3.05, 3.63) is 51.2 Å². The van der Waals surface area contributed by atoms with Crippen molar-refractivity contribution < 1.29 is 9.47 Å². The smallest absolute Gasteiger partial charge is 0.254 e. The van der Waals surface area contributed by atoms with E-state index in [1.54, 1.807) is 0 Å². The number of rotatable bonds is 4. The van der Waals surface area contributed by atoms with Gasteiger partial charge < -0.3 is 19.4 Å². The third-order valence-corrected chi connectivity index (χ3v) is 5.15. The molecule has 1 aromatic heterocycles. The van der Waals surface area contributed by atoms with Crippen molar-refractivity contribution in [3.63, 3.8) is 0 Å². The van der Waals surface area contributed by atoms with Gasteiger partial charge in [0.1, 0.15) is 5.82 Å². The predicted molar refractivity (Wildman–Crippen MR) is 98.9 cm³/mol. The van der Waals surface area contributed by atoms with Gasteiger partial charge in [0, 0.05) is 31.6 Å². The molecule has 1 aromatic carbocycles. The Bertz CT molecular complexity index is 862. The summed E-state index contributed by atoms with van der Waals surface area (Å²) in [6, 6.07) is 6.20. The van der Waals surface area contributed by atoms with Gasteiger partial charge in [0.15, 0.2) is 11.5 Å². The summed E-state index contributed by atoms with van der Waals surface area (Å²) >= 11 is 0. The van der Waals surface area contributed by atoms with E-state index in [9.17, 15) is 4.79 Å². The van der Waals surface area contributed by atoms with Crippen molar-refractivity contribution in [1.82, 2.24) is 14.9 Å². The van der Waals surface area contributed by atoms with Crippen LogP contribution in [0.5, 0.6) is 11.5 Å². The molecule has 6 heteroatoms. The number of hydrogen-bond donors (Lipinski definition) is 1. The maximum Gasteiger partial charge on any atom is 0.254 e. The van der Waals surface area contributed by atoms with Crippen molar-refractivity contribution in [2.45, 2.75) is 33.1 Å². The predicted octanol–water partition coefficient (Wildman–Crippen LogP) is 2.09. The average Bonchev–Trinajstić information content (AvgIpc) is 2.96. The second-order valence-electron chi connectivity index (χ2n) is 7.37. The molecule has 0 amide bonds. The molecule has 6 nitrogen and oxygen atoms in total. The van der Waals surface area contributed by atoms with Crippen LogP contribution in [0, 0.1) is 12.8 Å². The highest BCUT2D eigenvalue weighted by molar-refractivity contribution is 5.44. The number of fused-ring (bicyclic) bond motifs is 2. The van der Waals surface area contributed by atoms with E-state index in [-0.39, 0.29) is 5.56 Å². The number of nitrogens with one attached hydrogen (secondary N) is 1. The number of ether oxygens (including phenoxy) is 2. The minimum atomic E-state index is 0.0303. The van der Waals surface area contributed by atoms with E-state index in [1.165, 1.54) is 5.56 Å². The largest absolute Gasteiger partial charge is 0.454 e. The van der Waals surface area contributed by atoms with E-state index >= 15 is 0 Å². The third kappa shape index (κ3) is 3.60. The van der Waals surface area contributed by atoms with Gasteiger partial charge in [-0.25, -0.2) is 4.98 Å². The van der Waals surface area contributed by atoms with Gasteiger partial charge >= 0.3 is 0 Å². The summed E-state index contributed by atoms with van der Waals surface area (Å²) < 4.78 is 10.8. The minimum absolute atomic E-state index is 0.0303. The quantitative estimate of drug-likeness (QED) is 0.910. The average molecular weight is 355 g/mol. The maximum absolute atomic E-state index is 12.2. The molecule has 0 spiro atoms. The Balaban J connectivity index is 1.37. The molecule has 138 valence electrons. The summed E-state index contributed by atoms with van der Waals surface area (Å²) in [5.41, 5.74) is 3.13. The van der Waals surface area contributed by atoms with Gasteiger partial charge in [-0.15, -0.1) is 0 Å². The van der Waals surface area contributed by atoms with E-state index in [0.29, 0.717) is 18.5 Å². The molecule has 3 heterocycles. The van der Waals surface area contributed by atoms with Crippen LogP contribution in [-0.4, -0.2) is 41.3 Å². The minimum Gasteiger partial charge on any atom is -0.454 e. The number of benzene rings is 1. The lowest BCUT2D eigenvalue weighted by Gasteiger charge is -2.24. The van der Waals surface area contributed by atoms with Gasteiger partial charge in [-0.3, -0.25) is 4.79 Å². The molecule has 0 aliphatic carbocycles. The lowest BCUT2D eigenvalue weighted by atomic mass is 10.00. The molecule has 26 heavy (non-hydrogen) atoms. The van der Waals surface area contributed by atoms with E-state index in [2.05, 4.69) is 33.9 Å². The lowest BCUT2D eigenvalue weighted by molar-refractivity contribution is 0.174. The zero-order valence-electron chi connectivity index (χ0n) is 15.4. The summed E-state index contributed by atoms with van der Waals surface area (Å²) in [6.07, 6.45) is 2.61.